The Bertz CT molecular complexity index is 1150. The van der Waals surface area contributed by atoms with E-state index in [0.717, 1.165) is 30.0 Å². The Hall–Kier alpha value is -2.10. The third kappa shape index (κ3) is 4.26. The second kappa shape index (κ2) is 7.97. The number of fused-ring (bicyclic) bond motifs is 1. The number of hydrogen-bond acceptors (Lipinski definition) is 7. The van der Waals surface area contributed by atoms with Crippen molar-refractivity contribution in [2.75, 3.05) is 43.6 Å². The molecule has 9 heteroatoms. The lowest BCUT2D eigenvalue weighted by Crippen LogP contribution is -2.48. The molecule has 2 aromatic carbocycles. The van der Waals surface area contributed by atoms with Crippen LogP contribution in [0.3, 0.4) is 0 Å². The van der Waals surface area contributed by atoms with Crippen molar-refractivity contribution < 1.29 is 13.2 Å². The Labute approximate surface area is 178 Å². The molecule has 0 unspecified atom stereocenters. The fourth-order valence-corrected chi connectivity index (χ4v) is 5.48. The second-order valence-electron chi connectivity index (χ2n) is 6.91. The topological polar surface area (TPSA) is 70.6 Å². The van der Waals surface area contributed by atoms with Crippen molar-refractivity contribution in [3.05, 3.63) is 48.0 Å². The van der Waals surface area contributed by atoms with Gasteiger partial charge >= 0.3 is 0 Å². The molecule has 0 radical (unpaired) electrons. The summed E-state index contributed by atoms with van der Waals surface area (Å²) in [6.07, 6.45) is 3.22. The first-order chi connectivity index (χ1) is 13.8. The molecule has 0 atom stereocenters. The number of aromatic nitrogens is 1. The molecule has 0 aliphatic carbocycles. The minimum atomic E-state index is -3.26. The van der Waals surface area contributed by atoms with E-state index in [-0.39, 0.29) is 10.8 Å². The van der Waals surface area contributed by atoms with E-state index in [0.29, 0.717) is 18.7 Å². The quantitative estimate of drug-likeness (QED) is 0.571. The molecule has 1 fully saturated rings. The number of hydrogen-bond donors (Lipinski definition) is 0. The zero-order valence-corrected chi connectivity index (χ0v) is 18.6. The van der Waals surface area contributed by atoms with Crippen molar-refractivity contribution >= 4 is 54.2 Å². The number of carbonyl (C=O) groups is 1. The van der Waals surface area contributed by atoms with Crippen LogP contribution >= 0.6 is 23.1 Å². The summed E-state index contributed by atoms with van der Waals surface area (Å²) in [5.74, 6) is -0.0707. The van der Waals surface area contributed by atoms with Gasteiger partial charge < -0.3 is 9.80 Å². The highest BCUT2D eigenvalue weighted by Gasteiger charge is 2.24. The Morgan fingerprint density at radius 3 is 2.38 bits per heavy atom. The number of piperazine rings is 1. The van der Waals surface area contributed by atoms with Gasteiger partial charge in [-0.2, -0.15) is 0 Å². The highest BCUT2D eigenvalue weighted by atomic mass is 32.2. The van der Waals surface area contributed by atoms with Gasteiger partial charge in [0.2, 0.25) is 0 Å². The summed E-state index contributed by atoms with van der Waals surface area (Å²) in [5, 5.41) is 0.989. The zero-order valence-electron chi connectivity index (χ0n) is 16.2. The molecule has 2 heterocycles. The maximum Gasteiger partial charge on any atom is 0.253 e. The van der Waals surface area contributed by atoms with Crippen LogP contribution in [0.25, 0.3) is 10.2 Å². The minimum absolute atomic E-state index is 0.0707. The number of amides is 1. The molecule has 152 valence electrons. The van der Waals surface area contributed by atoms with Gasteiger partial charge in [0.15, 0.2) is 15.0 Å². The smallest absolute Gasteiger partial charge is 0.253 e. The van der Waals surface area contributed by atoms with Crippen molar-refractivity contribution in [2.45, 2.75) is 9.79 Å². The van der Waals surface area contributed by atoms with Crippen LogP contribution in [0, 0.1) is 0 Å². The molecule has 0 bridgehead atoms. The Morgan fingerprint density at radius 1 is 1.07 bits per heavy atom. The predicted octanol–water partition coefficient (Wildman–Crippen LogP) is 3.38. The van der Waals surface area contributed by atoms with E-state index in [2.05, 4.69) is 29.4 Å². The number of benzene rings is 2. The maximum absolute atomic E-state index is 12.8. The summed E-state index contributed by atoms with van der Waals surface area (Å²) < 4.78 is 24.3. The van der Waals surface area contributed by atoms with E-state index in [9.17, 15) is 13.2 Å². The van der Waals surface area contributed by atoms with Gasteiger partial charge in [-0.1, -0.05) is 11.3 Å². The van der Waals surface area contributed by atoms with Gasteiger partial charge in [0.1, 0.15) is 0 Å². The highest BCUT2D eigenvalue weighted by molar-refractivity contribution is 7.98. The number of thiazole rings is 1. The SMILES string of the molecule is CSc1ccc2nc(N3CCN(C(=O)c4ccc(S(C)(=O)=O)cc4)CC3)sc2c1. The first-order valence-corrected chi connectivity index (χ1v) is 13.1. The summed E-state index contributed by atoms with van der Waals surface area (Å²) in [6.45, 7) is 2.67. The van der Waals surface area contributed by atoms with Gasteiger partial charge in [-0.25, -0.2) is 13.4 Å². The van der Waals surface area contributed by atoms with Crippen molar-refractivity contribution in [1.82, 2.24) is 9.88 Å². The second-order valence-corrected chi connectivity index (χ2v) is 10.8. The summed E-state index contributed by atoms with van der Waals surface area (Å²) in [5.41, 5.74) is 1.52. The monoisotopic (exact) mass is 447 g/mol. The predicted molar refractivity (Wildman–Crippen MR) is 119 cm³/mol. The summed E-state index contributed by atoms with van der Waals surface area (Å²) >= 11 is 3.40. The van der Waals surface area contributed by atoms with Gasteiger partial charge in [-0.05, 0) is 48.7 Å². The normalized spacial score (nSPS) is 15.1. The largest absolute Gasteiger partial charge is 0.345 e. The molecule has 4 rings (SSSR count). The summed E-state index contributed by atoms with van der Waals surface area (Å²) in [6, 6.07) is 12.5. The number of anilines is 1. The first kappa shape index (κ1) is 20.2. The molecular formula is C20H21N3O3S3. The number of carbonyl (C=O) groups excluding carboxylic acids is 1. The average Bonchev–Trinajstić information content (AvgIpc) is 3.16. The van der Waals surface area contributed by atoms with Gasteiger partial charge in [0.05, 0.1) is 15.1 Å². The van der Waals surface area contributed by atoms with Crippen molar-refractivity contribution in [3.63, 3.8) is 0 Å². The van der Waals surface area contributed by atoms with Crippen LogP contribution in [-0.4, -0.2) is 62.9 Å². The van der Waals surface area contributed by atoms with E-state index >= 15 is 0 Å². The van der Waals surface area contributed by atoms with Gasteiger partial charge in [-0.15, -0.1) is 11.8 Å². The molecule has 3 aromatic rings. The number of sulfone groups is 1. The Balaban J connectivity index is 1.43. The Kier molecular flexibility index (Phi) is 5.54. The first-order valence-electron chi connectivity index (χ1n) is 9.14. The number of nitrogens with zero attached hydrogens (tertiary/aromatic N) is 3. The van der Waals surface area contributed by atoms with Gasteiger partial charge in [0.25, 0.3) is 5.91 Å². The fourth-order valence-electron chi connectivity index (χ4n) is 3.28. The summed E-state index contributed by atoms with van der Waals surface area (Å²) in [4.78, 5) is 23.0. The van der Waals surface area contributed by atoms with Gasteiger partial charge in [0, 0.05) is 42.9 Å². The van der Waals surface area contributed by atoms with Crippen LogP contribution in [0.4, 0.5) is 5.13 Å². The standard InChI is InChI=1S/C20H21N3O3S3/c1-27-15-5-8-17-18(13-15)28-20(21-17)23-11-9-22(10-12-23)19(24)14-3-6-16(7-4-14)29(2,25)26/h3-8,13H,9-12H2,1-2H3. The van der Waals surface area contributed by atoms with Crippen LogP contribution in [0.1, 0.15) is 10.4 Å². The molecule has 0 spiro atoms. The van der Waals surface area contributed by atoms with E-state index in [1.54, 1.807) is 35.2 Å². The molecular weight excluding hydrogens is 426 g/mol. The van der Waals surface area contributed by atoms with E-state index in [1.807, 2.05) is 4.90 Å². The molecule has 1 amide bonds. The lowest BCUT2D eigenvalue weighted by Gasteiger charge is -2.34. The lowest BCUT2D eigenvalue weighted by molar-refractivity contribution is 0.0746. The lowest BCUT2D eigenvalue weighted by atomic mass is 10.2. The number of rotatable bonds is 4. The highest BCUT2D eigenvalue weighted by Crippen LogP contribution is 2.32. The molecule has 0 saturated carbocycles. The Morgan fingerprint density at radius 2 is 1.76 bits per heavy atom. The molecule has 1 aliphatic rings. The van der Waals surface area contributed by atoms with Crippen LogP contribution in [0.2, 0.25) is 0 Å². The van der Waals surface area contributed by atoms with E-state index < -0.39 is 9.84 Å². The third-order valence-corrected chi connectivity index (χ3v) is 7.88. The van der Waals surface area contributed by atoms with Crippen molar-refractivity contribution in [2.24, 2.45) is 0 Å². The van der Waals surface area contributed by atoms with E-state index in [4.69, 9.17) is 4.98 Å². The molecule has 6 nitrogen and oxygen atoms in total. The molecule has 1 aromatic heterocycles. The van der Waals surface area contributed by atoms with Crippen LogP contribution in [0.5, 0.6) is 0 Å². The molecule has 1 saturated heterocycles. The minimum Gasteiger partial charge on any atom is -0.345 e. The van der Waals surface area contributed by atoms with Crippen molar-refractivity contribution in [3.8, 4) is 0 Å². The molecule has 1 aliphatic heterocycles. The van der Waals surface area contributed by atoms with Crippen LogP contribution in [-0.2, 0) is 9.84 Å². The van der Waals surface area contributed by atoms with Crippen LogP contribution < -0.4 is 4.90 Å². The molecule has 29 heavy (non-hydrogen) atoms. The third-order valence-electron chi connectivity index (χ3n) is 4.95. The molecule has 0 N–H and O–H groups in total. The van der Waals surface area contributed by atoms with Gasteiger partial charge in [-0.3, -0.25) is 4.79 Å². The average molecular weight is 448 g/mol. The zero-order chi connectivity index (χ0) is 20.6. The van der Waals surface area contributed by atoms with Crippen molar-refractivity contribution in [1.29, 1.82) is 0 Å². The fraction of sp³-hybridized carbons (Fsp3) is 0.300. The maximum atomic E-state index is 12.8. The summed E-state index contributed by atoms with van der Waals surface area (Å²) in [7, 11) is -3.26. The van der Waals surface area contributed by atoms with E-state index in [1.165, 1.54) is 21.7 Å². The number of thioether (sulfide) groups is 1. The van der Waals surface area contributed by atoms with Crippen LogP contribution in [0.15, 0.2) is 52.3 Å².